The molecule has 0 aliphatic carbocycles. The third-order valence-corrected chi connectivity index (χ3v) is 5.47. The van der Waals surface area contributed by atoms with Crippen molar-refractivity contribution in [1.82, 2.24) is 14.1 Å². The van der Waals surface area contributed by atoms with Crippen molar-refractivity contribution in [2.45, 2.75) is 37.8 Å². The Kier molecular flexibility index (Phi) is 7.00. The van der Waals surface area contributed by atoms with Gasteiger partial charge in [0.2, 0.25) is 0 Å². The summed E-state index contributed by atoms with van der Waals surface area (Å²) in [6, 6.07) is -0.209. The van der Waals surface area contributed by atoms with Crippen LogP contribution in [-0.4, -0.2) is 79.4 Å². The van der Waals surface area contributed by atoms with Crippen molar-refractivity contribution in [3.63, 3.8) is 0 Å². The molecule has 2 aliphatic rings. The maximum Gasteiger partial charge on any atom is 1.00 e. The molecule has 2 saturated heterocycles. The molecule has 0 aromatic heterocycles. The van der Waals surface area contributed by atoms with Crippen molar-refractivity contribution in [3.05, 3.63) is 0 Å². The molecule has 0 unspecified atom stereocenters. The second-order valence-corrected chi connectivity index (χ2v) is 7.13. The van der Waals surface area contributed by atoms with Crippen LogP contribution in [0, 0.1) is 0 Å². The van der Waals surface area contributed by atoms with E-state index in [-0.39, 0.29) is 30.9 Å². The van der Waals surface area contributed by atoms with E-state index in [1.165, 1.54) is 4.31 Å². The molecule has 0 radical (unpaired) electrons. The molecular weight excluding hydrogens is 273 g/mol. The van der Waals surface area contributed by atoms with Crippen LogP contribution in [0.1, 0.15) is 25.7 Å². The van der Waals surface area contributed by atoms with E-state index in [9.17, 15) is 13.0 Å². The Morgan fingerprint density at radius 1 is 0.900 bits per heavy atom. The molecule has 0 saturated carbocycles. The quantitative estimate of drug-likeness (QED) is 0.409. The van der Waals surface area contributed by atoms with E-state index < -0.39 is 10.3 Å². The van der Waals surface area contributed by atoms with Crippen LogP contribution in [0.15, 0.2) is 0 Å². The zero-order valence-electron chi connectivity index (χ0n) is 12.8. The largest absolute Gasteiger partial charge is 1.00 e. The van der Waals surface area contributed by atoms with Crippen molar-refractivity contribution < 1.29 is 31.8 Å². The second-order valence-electron chi connectivity index (χ2n) is 5.86. The first kappa shape index (κ1) is 18.4. The number of nitrogens with zero attached hydrogens (tertiary/aromatic N) is 3. The molecule has 2 heterocycles. The second kappa shape index (κ2) is 7.59. The topological polar surface area (TPSA) is 66.9 Å². The maximum atomic E-state index is 11.6. The molecule has 0 atom stereocenters. The van der Waals surface area contributed by atoms with E-state index in [4.69, 9.17) is 0 Å². The first-order chi connectivity index (χ1) is 8.88. The molecule has 6 nitrogen and oxygen atoms in total. The molecule has 0 amide bonds. The molecule has 0 N–H and O–H groups in total. The summed E-state index contributed by atoms with van der Waals surface area (Å²) in [7, 11) is -0.294. The van der Waals surface area contributed by atoms with E-state index in [0.29, 0.717) is 0 Å². The van der Waals surface area contributed by atoms with Gasteiger partial charge < -0.3 is 14.4 Å². The fraction of sp³-hybridized carbons (Fsp3) is 1.00. The monoisotopic (exact) mass is 297 g/mol. The average molecular weight is 297 g/mol. The van der Waals surface area contributed by atoms with Gasteiger partial charge in [0, 0.05) is 12.1 Å². The SMILES string of the molecule is CN1CCC(N(C2CCN(C)CC2)S(=O)(=O)[O-])CC1.[Li+]. The molecule has 112 valence electrons. The van der Waals surface area contributed by atoms with Gasteiger partial charge in [0.05, 0.1) is 0 Å². The van der Waals surface area contributed by atoms with Gasteiger partial charge in [-0.25, -0.2) is 12.7 Å². The smallest absolute Gasteiger partial charge is 0.735 e. The fourth-order valence-corrected chi connectivity index (χ4v) is 4.31. The normalized spacial score (nSPS) is 24.8. The molecule has 0 spiro atoms. The summed E-state index contributed by atoms with van der Waals surface area (Å²) in [6.07, 6.45) is 3.07. The minimum absolute atomic E-state index is 0. The summed E-state index contributed by atoms with van der Waals surface area (Å²) in [5, 5.41) is 0. The van der Waals surface area contributed by atoms with Crippen LogP contribution >= 0.6 is 0 Å². The minimum atomic E-state index is -4.35. The molecule has 0 bridgehead atoms. The predicted octanol–water partition coefficient (Wildman–Crippen LogP) is -3.06. The number of piperidine rings is 2. The summed E-state index contributed by atoms with van der Waals surface area (Å²) >= 11 is 0. The first-order valence-electron chi connectivity index (χ1n) is 6.99. The standard InChI is InChI=1S/C12H25N3O3S.Li/c1-13-7-3-11(4-8-13)15(19(16,17)18)12-5-9-14(2)10-6-12;/h11-12H,3-10H2,1-2H3,(H,16,17,18);/q;+1/p-1. The summed E-state index contributed by atoms with van der Waals surface area (Å²) in [6.45, 7) is 3.46. The third-order valence-electron chi connectivity index (χ3n) is 4.35. The molecule has 8 heteroatoms. The summed E-state index contributed by atoms with van der Waals surface area (Å²) in [4.78, 5) is 4.36. The van der Waals surface area contributed by atoms with E-state index in [2.05, 4.69) is 9.80 Å². The Morgan fingerprint density at radius 3 is 1.45 bits per heavy atom. The van der Waals surface area contributed by atoms with Crippen LogP contribution < -0.4 is 18.9 Å². The van der Waals surface area contributed by atoms with E-state index in [0.717, 1.165) is 51.9 Å². The van der Waals surface area contributed by atoms with Crippen LogP contribution in [0.25, 0.3) is 0 Å². The number of hydrogen-bond acceptors (Lipinski definition) is 5. The molecule has 0 aromatic carbocycles. The molecule has 2 aliphatic heterocycles. The third kappa shape index (κ3) is 4.70. The van der Waals surface area contributed by atoms with E-state index in [1.54, 1.807) is 0 Å². The van der Waals surface area contributed by atoms with Crippen molar-refractivity contribution in [2.24, 2.45) is 0 Å². The van der Waals surface area contributed by atoms with Gasteiger partial charge >= 0.3 is 18.9 Å². The first-order valence-corrected chi connectivity index (χ1v) is 8.36. The summed E-state index contributed by atoms with van der Waals surface area (Å²) < 4.78 is 36.2. The fourth-order valence-electron chi connectivity index (χ4n) is 3.16. The number of hydrogen-bond donors (Lipinski definition) is 0. The van der Waals surface area contributed by atoms with Crippen LogP contribution in [0.3, 0.4) is 0 Å². The van der Waals surface area contributed by atoms with Crippen LogP contribution in [0.5, 0.6) is 0 Å². The summed E-state index contributed by atoms with van der Waals surface area (Å²) in [5.74, 6) is 0. The Balaban J connectivity index is 0.00000200. The zero-order chi connectivity index (χ0) is 14.0. The molecular formula is C12H24LiN3O3S. The number of rotatable bonds is 3. The number of likely N-dealkylation sites (tertiary alicyclic amines) is 2. The average Bonchev–Trinajstić information content (AvgIpc) is 2.33. The Bertz CT molecular complexity index is 369. The van der Waals surface area contributed by atoms with Crippen LogP contribution in [-0.2, 0) is 10.3 Å². The van der Waals surface area contributed by atoms with Gasteiger partial charge in [-0.2, -0.15) is 0 Å². The predicted molar refractivity (Wildman–Crippen MR) is 72.6 cm³/mol. The maximum absolute atomic E-state index is 11.6. The van der Waals surface area contributed by atoms with Gasteiger partial charge in [0.15, 0.2) is 10.3 Å². The van der Waals surface area contributed by atoms with Crippen molar-refractivity contribution in [3.8, 4) is 0 Å². The van der Waals surface area contributed by atoms with Gasteiger partial charge in [-0.15, -0.1) is 0 Å². The summed E-state index contributed by atoms with van der Waals surface area (Å²) in [5.41, 5.74) is 0. The van der Waals surface area contributed by atoms with Crippen molar-refractivity contribution in [1.29, 1.82) is 0 Å². The van der Waals surface area contributed by atoms with E-state index >= 15 is 0 Å². The Hall–Kier alpha value is 0.387. The van der Waals surface area contributed by atoms with Gasteiger partial charge in [-0.1, -0.05) is 0 Å². The van der Waals surface area contributed by atoms with Gasteiger partial charge in [-0.05, 0) is 66.0 Å². The Morgan fingerprint density at radius 2 is 1.20 bits per heavy atom. The van der Waals surface area contributed by atoms with Gasteiger partial charge in [0.25, 0.3) is 0 Å². The molecule has 20 heavy (non-hydrogen) atoms. The van der Waals surface area contributed by atoms with E-state index in [1.807, 2.05) is 14.1 Å². The van der Waals surface area contributed by atoms with Crippen molar-refractivity contribution >= 4 is 10.3 Å². The molecule has 2 fully saturated rings. The molecule has 0 aromatic rings. The van der Waals surface area contributed by atoms with Crippen LogP contribution in [0.4, 0.5) is 0 Å². The van der Waals surface area contributed by atoms with Gasteiger partial charge in [0.1, 0.15) is 0 Å². The van der Waals surface area contributed by atoms with Crippen molar-refractivity contribution in [2.75, 3.05) is 40.3 Å². The van der Waals surface area contributed by atoms with Crippen LogP contribution in [0.2, 0.25) is 0 Å². The minimum Gasteiger partial charge on any atom is -0.735 e. The Labute approximate surface area is 134 Å². The molecule has 2 rings (SSSR count). The zero-order valence-corrected chi connectivity index (χ0v) is 13.6. The van der Waals surface area contributed by atoms with Gasteiger partial charge in [-0.3, -0.25) is 0 Å².